The highest BCUT2D eigenvalue weighted by atomic mass is 14.0. The van der Waals surface area contributed by atoms with Crippen molar-refractivity contribution in [2.24, 2.45) is 0 Å². The van der Waals surface area contributed by atoms with Gasteiger partial charge in [0, 0.05) is 0 Å². The molecule has 0 unspecified atom stereocenters. The minimum atomic E-state index is 1.22. The lowest BCUT2D eigenvalue weighted by Crippen LogP contribution is -1.80. The zero-order valence-electron chi connectivity index (χ0n) is 10.4. The maximum Gasteiger partial charge on any atom is -0.0167 e. The highest BCUT2D eigenvalue weighted by Gasteiger charge is 1.90. The zero-order chi connectivity index (χ0) is 11.2. The van der Waals surface area contributed by atoms with E-state index in [0.717, 1.165) is 0 Å². The zero-order valence-corrected chi connectivity index (χ0v) is 10.4. The summed E-state index contributed by atoms with van der Waals surface area (Å²) in [5.41, 5.74) is 0. The molecular formula is C15H27. The number of rotatable bonds is 11. The first-order valence-electron chi connectivity index (χ1n) is 6.52. The Hall–Kier alpha value is -0.520. The van der Waals surface area contributed by atoms with Gasteiger partial charge in [-0.2, -0.15) is 0 Å². The summed E-state index contributed by atoms with van der Waals surface area (Å²) in [6.07, 6.45) is 20.6. The normalized spacial score (nSPS) is 11.0. The quantitative estimate of drug-likeness (QED) is 0.311. The predicted octanol–water partition coefficient (Wildman–Crippen LogP) is 5.46. The lowest BCUT2D eigenvalue weighted by molar-refractivity contribution is 0.575. The van der Waals surface area contributed by atoms with Crippen molar-refractivity contribution < 1.29 is 0 Å². The van der Waals surface area contributed by atoms with Gasteiger partial charge in [-0.1, -0.05) is 83.1 Å². The van der Waals surface area contributed by atoms with Crippen LogP contribution in [0.2, 0.25) is 0 Å². The van der Waals surface area contributed by atoms with Gasteiger partial charge in [-0.3, -0.25) is 0 Å². The highest BCUT2D eigenvalue weighted by molar-refractivity contribution is 5.03. The Morgan fingerprint density at radius 2 is 1.40 bits per heavy atom. The molecule has 0 aromatic rings. The molecule has 0 nitrogen and oxygen atoms in total. The molecule has 0 aliphatic rings. The van der Waals surface area contributed by atoms with Crippen LogP contribution in [0.3, 0.4) is 0 Å². The molecule has 0 aromatic heterocycles. The molecule has 0 heteroatoms. The molecule has 0 aromatic carbocycles. The Labute approximate surface area is 96.5 Å². The van der Waals surface area contributed by atoms with Crippen molar-refractivity contribution in [2.45, 2.75) is 64.7 Å². The molecule has 15 heavy (non-hydrogen) atoms. The summed E-state index contributed by atoms with van der Waals surface area (Å²) >= 11 is 0. The summed E-state index contributed by atoms with van der Waals surface area (Å²) in [5.74, 6) is 0. The first-order chi connectivity index (χ1) is 7.41. The third kappa shape index (κ3) is 13.5. The molecular weight excluding hydrogens is 180 g/mol. The summed E-state index contributed by atoms with van der Waals surface area (Å²) in [4.78, 5) is 0. The van der Waals surface area contributed by atoms with Gasteiger partial charge in [-0.05, 0) is 12.8 Å². The van der Waals surface area contributed by atoms with Gasteiger partial charge in [0.1, 0.15) is 0 Å². The van der Waals surface area contributed by atoms with Gasteiger partial charge >= 0.3 is 0 Å². The van der Waals surface area contributed by atoms with Gasteiger partial charge in [0.15, 0.2) is 0 Å². The highest BCUT2D eigenvalue weighted by Crippen LogP contribution is 2.10. The molecule has 0 atom stereocenters. The summed E-state index contributed by atoms with van der Waals surface area (Å²) in [5, 5.41) is 0. The molecule has 0 bridgehead atoms. The standard InChI is InChI=1S/C15H27/c1-3-5-7-9-11-13-15-14-12-10-8-6-4-2/h3,5,7,9H,1,4,6,8,10-15H2,2H3/b7-5+. The largest absolute Gasteiger partial charge is 0.0991 e. The summed E-state index contributed by atoms with van der Waals surface area (Å²) < 4.78 is 0. The maximum absolute atomic E-state index is 3.64. The molecule has 0 rings (SSSR count). The molecule has 0 N–H and O–H groups in total. The Bertz CT molecular complexity index is 144. The average molecular weight is 207 g/mol. The average Bonchev–Trinajstić information content (AvgIpc) is 2.26. The fourth-order valence-electron chi connectivity index (χ4n) is 1.65. The van der Waals surface area contributed by atoms with E-state index in [9.17, 15) is 0 Å². The van der Waals surface area contributed by atoms with E-state index in [-0.39, 0.29) is 0 Å². The monoisotopic (exact) mass is 207 g/mol. The smallest absolute Gasteiger partial charge is 0.0167 e. The Morgan fingerprint density at radius 3 is 2.00 bits per heavy atom. The van der Waals surface area contributed by atoms with Crippen molar-refractivity contribution in [1.29, 1.82) is 0 Å². The minimum absolute atomic E-state index is 1.22. The van der Waals surface area contributed by atoms with Crippen LogP contribution in [-0.2, 0) is 0 Å². The molecule has 0 heterocycles. The van der Waals surface area contributed by atoms with Crippen molar-refractivity contribution in [1.82, 2.24) is 0 Å². The summed E-state index contributed by atoms with van der Waals surface area (Å²) in [6, 6.07) is 0. The van der Waals surface area contributed by atoms with E-state index in [0.29, 0.717) is 0 Å². The van der Waals surface area contributed by atoms with Gasteiger partial charge < -0.3 is 0 Å². The van der Waals surface area contributed by atoms with E-state index < -0.39 is 0 Å². The molecule has 0 saturated heterocycles. The van der Waals surface area contributed by atoms with E-state index in [1.807, 2.05) is 12.2 Å². The number of allylic oxidation sites excluding steroid dienone is 3. The van der Waals surface area contributed by atoms with E-state index in [4.69, 9.17) is 0 Å². The van der Waals surface area contributed by atoms with Crippen molar-refractivity contribution in [2.75, 3.05) is 0 Å². The molecule has 87 valence electrons. The minimum Gasteiger partial charge on any atom is -0.0991 e. The van der Waals surface area contributed by atoms with Crippen molar-refractivity contribution >= 4 is 0 Å². The van der Waals surface area contributed by atoms with E-state index >= 15 is 0 Å². The number of unbranched alkanes of at least 4 members (excludes halogenated alkanes) is 9. The molecule has 0 saturated carbocycles. The van der Waals surface area contributed by atoms with E-state index in [2.05, 4.69) is 26.0 Å². The lowest BCUT2D eigenvalue weighted by atomic mass is 10.1. The van der Waals surface area contributed by atoms with Gasteiger partial charge in [0.05, 0.1) is 0 Å². The van der Waals surface area contributed by atoms with Crippen molar-refractivity contribution in [3.05, 3.63) is 31.2 Å². The van der Waals surface area contributed by atoms with Crippen LogP contribution in [0, 0.1) is 6.42 Å². The summed E-state index contributed by atoms with van der Waals surface area (Å²) in [7, 11) is 0. The van der Waals surface area contributed by atoms with Crippen LogP contribution in [0.4, 0.5) is 0 Å². The van der Waals surface area contributed by atoms with Gasteiger partial charge in [0.2, 0.25) is 0 Å². The van der Waals surface area contributed by atoms with Crippen LogP contribution in [-0.4, -0.2) is 0 Å². The number of hydrogen-bond donors (Lipinski definition) is 0. The maximum atomic E-state index is 3.64. The molecule has 0 fully saturated rings. The molecule has 0 amide bonds. The van der Waals surface area contributed by atoms with E-state index in [1.165, 1.54) is 57.8 Å². The second-order valence-electron chi connectivity index (χ2n) is 4.12. The van der Waals surface area contributed by atoms with Crippen LogP contribution in [0.25, 0.3) is 0 Å². The van der Waals surface area contributed by atoms with Gasteiger partial charge in [0.25, 0.3) is 0 Å². The van der Waals surface area contributed by atoms with Crippen LogP contribution in [0.15, 0.2) is 24.8 Å². The third-order valence-corrected chi connectivity index (χ3v) is 2.61. The Morgan fingerprint density at radius 1 is 0.800 bits per heavy atom. The topological polar surface area (TPSA) is 0 Å². The fourth-order valence-corrected chi connectivity index (χ4v) is 1.65. The van der Waals surface area contributed by atoms with Gasteiger partial charge in [-0.25, -0.2) is 0 Å². The van der Waals surface area contributed by atoms with Crippen LogP contribution < -0.4 is 0 Å². The Balaban J connectivity index is 2.92. The third-order valence-electron chi connectivity index (χ3n) is 2.61. The van der Waals surface area contributed by atoms with Crippen molar-refractivity contribution in [3.8, 4) is 0 Å². The SMILES string of the molecule is C=C/C=C/[CH]CCCCCCCCCC. The molecule has 0 aliphatic heterocycles. The fraction of sp³-hybridized carbons (Fsp3) is 0.667. The lowest BCUT2D eigenvalue weighted by Gasteiger charge is -2.00. The first-order valence-corrected chi connectivity index (χ1v) is 6.52. The molecule has 1 radical (unpaired) electrons. The van der Waals surface area contributed by atoms with E-state index in [1.54, 1.807) is 0 Å². The van der Waals surface area contributed by atoms with Crippen molar-refractivity contribution in [3.63, 3.8) is 0 Å². The van der Waals surface area contributed by atoms with Gasteiger partial charge in [-0.15, -0.1) is 0 Å². The molecule has 0 spiro atoms. The molecule has 0 aliphatic carbocycles. The Kier molecular flexibility index (Phi) is 13.0. The van der Waals surface area contributed by atoms with Crippen LogP contribution >= 0.6 is 0 Å². The number of hydrogen-bond acceptors (Lipinski definition) is 0. The van der Waals surface area contributed by atoms with Crippen LogP contribution in [0.5, 0.6) is 0 Å². The first kappa shape index (κ1) is 14.5. The predicted molar refractivity (Wildman–Crippen MR) is 70.9 cm³/mol. The van der Waals surface area contributed by atoms with Crippen LogP contribution in [0.1, 0.15) is 64.7 Å². The second-order valence-corrected chi connectivity index (χ2v) is 4.12. The second kappa shape index (κ2) is 13.5. The summed E-state index contributed by atoms with van der Waals surface area (Å²) in [6.45, 7) is 5.91.